The topological polar surface area (TPSA) is 64.6 Å². The van der Waals surface area contributed by atoms with Crippen molar-refractivity contribution in [2.75, 3.05) is 20.8 Å². The summed E-state index contributed by atoms with van der Waals surface area (Å²) in [5, 5.41) is 6.46. The highest BCUT2D eigenvalue weighted by molar-refractivity contribution is 7.08. The van der Waals surface area contributed by atoms with Crippen LogP contribution in [0.5, 0.6) is 11.5 Å². The van der Waals surface area contributed by atoms with Gasteiger partial charge in [0.25, 0.3) is 0 Å². The summed E-state index contributed by atoms with van der Waals surface area (Å²) in [4.78, 5) is 23.2. The molecule has 0 bridgehead atoms. The van der Waals surface area contributed by atoms with Gasteiger partial charge in [0, 0.05) is 6.54 Å². The lowest BCUT2D eigenvalue weighted by atomic mass is 10.0. The van der Waals surface area contributed by atoms with Crippen LogP contribution in [-0.2, 0) is 16.0 Å². The van der Waals surface area contributed by atoms with E-state index in [1.165, 1.54) is 11.3 Å². The maximum Gasteiger partial charge on any atom is 0.234 e. The molecule has 0 aliphatic carbocycles. The SMILES string of the molecule is COc1ccc(CCNC(=O)C(C=O)c2ccsc2)cc1OC. The Morgan fingerprint density at radius 3 is 2.65 bits per heavy atom. The summed E-state index contributed by atoms with van der Waals surface area (Å²) in [5.74, 6) is 0.296. The maximum absolute atomic E-state index is 12.1. The first-order valence-electron chi connectivity index (χ1n) is 7.15. The average Bonchev–Trinajstić information content (AvgIpc) is 3.09. The van der Waals surface area contributed by atoms with Crippen molar-refractivity contribution in [3.8, 4) is 11.5 Å². The van der Waals surface area contributed by atoms with Gasteiger partial charge in [-0.2, -0.15) is 11.3 Å². The summed E-state index contributed by atoms with van der Waals surface area (Å²) >= 11 is 1.46. The van der Waals surface area contributed by atoms with Crippen LogP contribution >= 0.6 is 11.3 Å². The number of hydrogen-bond acceptors (Lipinski definition) is 5. The fourth-order valence-corrected chi connectivity index (χ4v) is 2.92. The molecule has 2 rings (SSSR count). The summed E-state index contributed by atoms with van der Waals surface area (Å²) in [5.41, 5.74) is 1.75. The van der Waals surface area contributed by atoms with Crippen molar-refractivity contribution >= 4 is 23.5 Å². The van der Waals surface area contributed by atoms with Crippen LogP contribution in [0.1, 0.15) is 17.0 Å². The first-order chi connectivity index (χ1) is 11.2. The van der Waals surface area contributed by atoms with E-state index in [0.29, 0.717) is 30.8 Å². The highest BCUT2D eigenvalue weighted by Gasteiger charge is 2.19. The summed E-state index contributed by atoms with van der Waals surface area (Å²) in [6.07, 6.45) is 1.31. The standard InChI is InChI=1S/C17H19NO4S/c1-21-15-4-3-12(9-16(15)22-2)5-7-18-17(20)14(10-19)13-6-8-23-11-13/h3-4,6,8-11,14H,5,7H2,1-2H3,(H,18,20). The number of nitrogens with one attached hydrogen (secondary N) is 1. The van der Waals surface area contributed by atoms with Gasteiger partial charge in [0.1, 0.15) is 12.2 Å². The normalized spacial score (nSPS) is 11.6. The number of hydrogen-bond donors (Lipinski definition) is 1. The van der Waals surface area contributed by atoms with Crippen molar-refractivity contribution in [1.29, 1.82) is 0 Å². The van der Waals surface area contributed by atoms with Gasteiger partial charge in [0.2, 0.25) is 5.91 Å². The predicted octanol–water partition coefficient (Wildman–Crippen LogP) is 2.41. The third-order valence-electron chi connectivity index (χ3n) is 3.48. The van der Waals surface area contributed by atoms with E-state index >= 15 is 0 Å². The van der Waals surface area contributed by atoms with E-state index in [9.17, 15) is 9.59 Å². The smallest absolute Gasteiger partial charge is 0.234 e. The highest BCUT2D eigenvalue weighted by atomic mass is 32.1. The number of carbonyl (C=O) groups excluding carboxylic acids is 2. The second-order valence-corrected chi connectivity index (χ2v) is 5.68. The minimum atomic E-state index is -0.744. The van der Waals surface area contributed by atoms with Crippen LogP contribution in [-0.4, -0.2) is 33.0 Å². The zero-order valence-corrected chi connectivity index (χ0v) is 13.9. The number of rotatable bonds is 8. The van der Waals surface area contributed by atoms with E-state index in [-0.39, 0.29) is 5.91 Å². The predicted molar refractivity (Wildman–Crippen MR) is 89.4 cm³/mol. The van der Waals surface area contributed by atoms with Gasteiger partial charge in [-0.3, -0.25) is 4.79 Å². The number of ether oxygens (including phenoxy) is 2. The van der Waals surface area contributed by atoms with Crippen molar-refractivity contribution in [2.24, 2.45) is 0 Å². The molecule has 1 aromatic carbocycles. The molecule has 1 heterocycles. The molecule has 23 heavy (non-hydrogen) atoms. The van der Waals surface area contributed by atoms with Crippen molar-refractivity contribution in [3.05, 3.63) is 46.2 Å². The van der Waals surface area contributed by atoms with Crippen LogP contribution in [0.15, 0.2) is 35.0 Å². The van der Waals surface area contributed by atoms with Gasteiger partial charge in [-0.25, -0.2) is 0 Å². The molecule has 1 amide bonds. The van der Waals surface area contributed by atoms with E-state index < -0.39 is 5.92 Å². The molecule has 0 radical (unpaired) electrons. The first kappa shape index (κ1) is 17.0. The van der Waals surface area contributed by atoms with E-state index in [4.69, 9.17) is 9.47 Å². The molecule has 2 aromatic rings. The fourth-order valence-electron chi connectivity index (χ4n) is 2.22. The summed E-state index contributed by atoms with van der Waals surface area (Å²) < 4.78 is 10.4. The highest BCUT2D eigenvalue weighted by Crippen LogP contribution is 2.27. The van der Waals surface area contributed by atoms with Crippen molar-refractivity contribution in [2.45, 2.75) is 12.3 Å². The molecule has 1 N–H and O–H groups in total. The number of amides is 1. The van der Waals surface area contributed by atoms with Crippen molar-refractivity contribution < 1.29 is 19.1 Å². The van der Waals surface area contributed by atoms with Gasteiger partial charge in [0.05, 0.1) is 14.2 Å². The second-order valence-electron chi connectivity index (χ2n) is 4.90. The lowest BCUT2D eigenvalue weighted by Crippen LogP contribution is -2.31. The molecule has 0 fully saturated rings. The van der Waals surface area contributed by atoms with Crippen LogP contribution in [0.3, 0.4) is 0 Å². The summed E-state index contributed by atoms with van der Waals surface area (Å²) in [6, 6.07) is 7.41. The van der Waals surface area contributed by atoms with Crippen LogP contribution in [0.4, 0.5) is 0 Å². The van der Waals surface area contributed by atoms with Gasteiger partial charge in [-0.15, -0.1) is 0 Å². The Morgan fingerprint density at radius 1 is 1.26 bits per heavy atom. The Morgan fingerprint density at radius 2 is 2.04 bits per heavy atom. The number of methoxy groups -OCH3 is 2. The number of aldehydes is 1. The quantitative estimate of drug-likeness (QED) is 0.595. The zero-order chi connectivity index (χ0) is 16.7. The van der Waals surface area contributed by atoms with Crippen LogP contribution in [0.2, 0.25) is 0 Å². The van der Waals surface area contributed by atoms with Crippen LogP contribution in [0.25, 0.3) is 0 Å². The Kier molecular flexibility index (Phi) is 6.17. The molecule has 5 nitrogen and oxygen atoms in total. The van der Waals surface area contributed by atoms with E-state index in [1.807, 2.05) is 29.0 Å². The molecule has 0 aliphatic heterocycles. The minimum Gasteiger partial charge on any atom is -0.493 e. The third-order valence-corrected chi connectivity index (χ3v) is 4.18. The molecule has 6 heteroatoms. The molecule has 122 valence electrons. The molecule has 1 atom stereocenters. The largest absolute Gasteiger partial charge is 0.493 e. The average molecular weight is 333 g/mol. The lowest BCUT2D eigenvalue weighted by Gasteiger charge is -2.12. The zero-order valence-electron chi connectivity index (χ0n) is 13.1. The summed E-state index contributed by atoms with van der Waals surface area (Å²) in [6.45, 7) is 0.447. The Labute approximate surface area is 139 Å². The van der Waals surface area contributed by atoms with Crippen LogP contribution in [0, 0.1) is 0 Å². The number of carbonyl (C=O) groups is 2. The molecule has 0 spiro atoms. The molecule has 1 unspecified atom stereocenters. The van der Waals surface area contributed by atoms with Crippen molar-refractivity contribution in [3.63, 3.8) is 0 Å². The van der Waals surface area contributed by atoms with Crippen molar-refractivity contribution in [1.82, 2.24) is 5.32 Å². The molecule has 1 aromatic heterocycles. The van der Waals surface area contributed by atoms with Gasteiger partial charge < -0.3 is 19.6 Å². The molecular formula is C17H19NO4S. The van der Waals surface area contributed by atoms with Gasteiger partial charge in [0.15, 0.2) is 11.5 Å². The van der Waals surface area contributed by atoms with E-state index in [2.05, 4.69) is 5.32 Å². The monoisotopic (exact) mass is 333 g/mol. The fraction of sp³-hybridized carbons (Fsp3) is 0.294. The maximum atomic E-state index is 12.1. The molecule has 0 saturated carbocycles. The number of benzene rings is 1. The number of thiophene rings is 1. The molecule has 0 saturated heterocycles. The minimum absolute atomic E-state index is 0.279. The Hall–Kier alpha value is -2.34. The molecule has 0 aliphatic rings. The lowest BCUT2D eigenvalue weighted by molar-refractivity contribution is -0.125. The Bertz CT molecular complexity index is 655. The summed E-state index contributed by atoms with van der Waals surface area (Å²) in [7, 11) is 3.17. The van der Waals surface area contributed by atoms with Crippen LogP contribution < -0.4 is 14.8 Å². The molecular weight excluding hydrogens is 314 g/mol. The second kappa shape index (κ2) is 8.33. The first-order valence-corrected chi connectivity index (χ1v) is 8.10. The van der Waals surface area contributed by atoms with Gasteiger partial charge in [-0.05, 0) is 46.5 Å². The Balaban J connectivity index is 1.91. The van der Waals surface area contributed by atoms with Gasteiger partial charge >= 0.3 is 0 Å². The third kappa shape index (κ3) is 4.32. The van der Waals surface area contributed by atoms with E-state index in [1.54, 1.807) is 20.3 Å². The van der Waals surface area contributed by atoms with Gasteiger partial charge in [-0.1, -0.05) is 6.07 Å². The van der Waals surface area contributed by atoms with E-state index in [0.717, 1.165) is 11.1 Å².